The molecule has 0 aliphatic rings. The lowest BCUT2D eigenvalue weighted by Gasteiger charge is -2.32. The zero-order chi connectivity index (χ0) is 27.7. The third-order valence-electron chi connectivity index (χ3n) is 6.57. The maximum atomic E-state index is 13.7. The summed E-state index contributed by atoms with van der Waals surface area (Å²) in [5.74, 6) is 0.404. The van der Waals surface area contributed by atoms with Crippen molar-refractivity contribution in [2.24, 2.45) is 0 Å². The largest absolute Gasteiger partial charge is 0.484 e. The fraction of sp³-hybridized carbons (Fsp3) is 0.355. The van der Waals surface area contributed by atoms with Crippen LogP contribution in [-0.4, -0.2) is 35.4 Å². The Morgan fingerprint density at radius 3 is 2.11 bits per heavy atom. The molecule has 202 valence electrons. The normalized spacial score (nSPS) is 12.6. The molecule has 0 saturated heterocycles. The van der Waals surface area contributed by atoms with E-state index in [4.69, 9.17) is 27.9 Å². The third kappa shape index (κ3) is 8.24. The minimum Gasteiger partial charge on any atom is -0.484 e. The van der Waals surface area contributed by atoms with E-state index in [2.05, 4.69) is 19.2 Å². The molecule has 0 saturated carbocycles. The van der Waals surface area contributed by atoms with Crippen LogP contribution in [0, 0.1) is 0 Å². The summed E-state index contributed by atoms with van der Waals surface area (Å²) in [7, 11) is 0. The molecule has 3 rings (SSSR count). The monoisotopic (exact) mass is 554 g/mol. The molecule has 0 fully saturated rings. The lowest BCUT2D eigenvalue weighted by molar-refractivity contribution is -0.143. The van der Waals surface area contributed by atoms with Crippen LogP contribution in [0.4, 0.5) is 0 Å². The lowest BCUT2D eigenvalue weighted by Crippen LogP contribution is -2.53. The van der Waals surface area contributed by atoms with E-state index >= 15 is 0 Å². The number of benzene rings is 3. The van der Waals surface area contributed by atoms with Crippen LogP contribution in [0.2, 0.25) is 10.0 Å². The highest BCUT2D eigenvalue weighted by atomic mass is 35.5. The summed E-state index contributed by atoms with van der Waals surface area (Å²) in [6.45, 7) is 8.02. The predicted molar refractivity (Wildman–Crippen MR) is 155 cm³/mol. The lowest BCUT2D eigenvalue weighted by atomic mass is 10.0. The Morgan fingerprint density at radius 2 is 1.53 bits per heavy atom. The molecule has 38 heavy (non-hydrogen) atoms. The number of carbonyl (C=O) groups is 2. The summed E-state index contributed by atoms with van der Waals surface area (Å²) in [5.41, 5.74) is 2.70. The van der Waals surface area contributed by atoms with E-state index in [9.17, 15) is 9.59 Å². The fourth-order valence-corrected chi connectivity index (χ4v) is 4.54. The molecule has 0 radical (unpaired) electrons. The zero-order valence-electron chi connectivity index (χ0n) is 22.4. The van der Waals surface area contributed by atoms with Gasteiger partial charge in [0, 0.05) is 34.6 Å². The molecule has 0 aromatic heterocycles. The molecule has 0 heterocycles. The minimum absolute atomic E-state index is 0.0441. The molecule has 0 spiro atoms. The average Bonchev–Trinajstić information content (AvgIpc) is 2.91. The van der Waals surface area contributed by atoms with Gasteiger partial charge < -0.3 is 15.0 Å². The molecule has 5 nitrogen and oxygen atoms in total. The highest BCUT2D eigenvalue weighted by molar-refractivity contribution is 6.36. The van der Waals surface area contributed by atoms with Crippen molar-refractivity contribution in [2.75, 3.05) is 6.61 Å². The van der Waals surface area contributed by atoms with Crippen molar-refractivity contribution in [3.05, 3.63) is 99.5 Å². The predicted octanol–water partition coefficient (Wildman–Crippen LogP) is 7.05. The zero-order valence-corrected chi connectivity index (χ0v) is 23.9. The van der Waals surface area contributed by atoms with Gasteiger partial charge in [-0.2, -0.15) is 0 Å². The first kappa shape index (κ1) is 29.5. The first-order valence-corrected chi connectivity index (χ1v) is 13.7. The smallest absolute Gasteiger partial charge is 0.261 e. The van der Waals surface area contributed by atoms with Gasteiger partial charge in [0.2, 0.25) is 5.91 Å². The van der Waals surface area contributed by atoms with Gasteiger partial charge in [0.1, 0.15) is 11.8 Å². The van der Waals surface area contributed by atoms with Gasteiger partial charge in [-0.05, 0) is 54.7 Å². The van der Waals surface area contributed by atoms with Crippen molar-refractivity contribution in [3.63, 3.8) is 0 Å². The maximum Gasteiger partial charge on any atom is 0.261 e. The van der Waals surface area contributed by atoms with Crippen LogP contribution in [0.1, 0.15) is 56.7 Å². The van der Waals surface area contributed by atoms with Gasteiger partial charge >= 0.3 is 0 Å². The molecule has 7 heteroatoms. The van der Waals surface area contributed by atoms with Gasteiger partial charge in [-0.15, -0.1) is 0 Å². The Morgan fingerprint density at radius 1 is 0.895 bits per heavy atom. The molecule has 0 bridgehead atoms. The number of hydrogen-bond acceptors (Lipinski definition) is 3. The molecule has 3 aromatic rings. The van der Waals surface area contributed by atoms with E-state index in [1.54, 1.807) is 18.2 Å². The number of rotatable bonds is 12. The highest BCUT2D eigenvalue weighted by Crippen LogP contribution is 2.27. The van der Waals surface area contributed by atoms with Crippen LogP contribution < -0.4 is 10.1 Å². The highest BCUT2D eigenvalue weighted by Gasteiger charge is 2.32. The summed E-state index contributed by atoms with van der Waals surface area (Å²) >= 11 is 13.0. The third-order valence-corrected chi connectivity index (χ3v) is 7.28. The van der Waals surface area contributed by atoms with E-state index in [1.165, 1.54) is 10.5 Å². The molecule has 0 aliphatic heterocycles. The SMILES string of the molecule is CC[C@H](C)NC(=O)[C@H](Cc1ccccc1)N(Cc1c(Cl)cccc1Cl)C(=O)COc1ccc(C(C)C)cc1. The quantitative estimate of drug-likeness (QED) is 0.261. The Bertz CT molecular complexity index is 1180. The van der Waals surface area contributed by atoms with Gasteiger partial charge in [0.25, 0.3) is 5.91 Å². The van der Waals surface area contributed by atoms with Crippen molar-refractivity contribution in [1.29, 1.82) is 0 Å². The summed E-state index contributed by atoms with van der Waals surface area (Å²) in [4.78, 5) is 28.9. The number of carbonyl (C=O) groups excluding carboxylic acids is 2. The second-order valence-corrected chi connectivity index (χ2v) is 10.6. The second-order valence-electron chi connectivity index (χ2n) is 9.76. The minimum atomic E-state index is -0.793. The van der Waals surface area contributed by atoms with Gasteiger partial charge in [0.15, 0.2) is 6.61 Å². The van der Waals surface area contributed by atoms with Crippen LogP contribution in [0.3, 0.4) is 0 Å². The van der Waals surface area contributed by atoms with E-state index in [1.807, 2.05) is 68.4 Å². The first-order valence-electron chi connectivity index (χ1n) is 13.0. The Balaban J connectivity index is 1.93. The topological polar surface area (TPSA) is 58.6 Å². The van der Waals surface area contributed by atoms with Crippen LogP contribution in [0.5, 0.6) is 5.75 Å². The standard InChI is InChI=1S/C31H36Cl2N2O3/c1-5-22(4)34-31(37)29(18-23-10-7-6-8-11-23)35(19-26-27(32)12-9-13-28(26)33)30(36)20-38-25-16-14-24(15-17-25)21(2)3/h6-17,21-22,29H,5,18-20H2,1-4H3,(H,34,37)/t22-,29-/m0/s1. The molecular formula is C31H36Cl2N2O3. The maximum absolute atomic E-state index is 13.7. The molecule has 3 aromatic carbocycles. The van der Waals surface area contributed by atoms with Crippen molar-refractivity contribution < 1.29 is 14.3 Å². The number of nitrogens with zero attached hydrogens (tertiary/aromatic N) is 1. The van der Waals surface area contributed by atoms with Crippen molar-refractivity contribution in [1.82, 2.24) is 10.2 Å². The molecule has 0 unspecified atom stereocenters. The summed E-state index contributed by atoms with van der Waals surface area (Å²) in [6.07, 6.45) is 1.10. The van der Waals surface area contributed by atoms with E-state index in [-0.39, 0.29) is 31.0 Å². The number of nitrogens with one attached hydrogen (secondary N) is 1. The first-order chi connectivity index (χ1) is 18.2. The summed E-state index contributed by atoms with van der Waals surface area (Å²) in [5, 5.41) is 3.91. The van der Waals surface area contributed by atoms with Gasteiger partial charge in [-0.1, -0.05) is 92.5 Å². The summed E-state index contributed by atoms with van der Waals surface area (Å²) < 4.78 is 5.88. The van der Waals surface area contributed by atoms with Crippen LogP contribution >= 0.6 is 23.2 Å². The van der Waals surface area contributed by atoms with E-state index in [0.29, 0.717) is 33.7 Å². The number of amides is 2. The molecular weight excluding hydrogens is 519 g/mol. The van der Waals surface area contributed by atoms with Crippen LogP contribution in [0.15, 0.2) is 72.8 Å². The second kappa shape index (κ2) is 14.2. The number of halogens is 2. The Labute approximate surface area is 236 Å². The van der Waals surface area contributed by atoms with Crippen molar-refractivity contribution in [3.8, 4) is 5.75 Å². The van der Waals surface area contributed by atoms with Crippen LogP contribution in [0.25, 0.3) is 0 Å². The number of ether oxygens (including phenoxy) is 1. The molecule has 2 amide bonds. The molecule has 1 N–H and O–H groups in total. The summed E-state index contributed by atoms with van der Waals surface area (Å²) in [6, 6.07) is 21.7. The van der Waals surface area contributed by atoms with Crippen LogP contribution in [-0.2, 0) is 22.6 Å². The van der Waals surface area contributed by atoms with Gasteiger partial charge in [0.05, 0.1) is 0 Å². The van der Waals surface area contributed by atoms with E-state index < -0.39 is 6.04 Å². The fourth-order valence-electron chi connectivity index (χ4n) is 4.03. The van der Waals surface area contributed by atoms with Crippen molar-refractivity contribution >= 4 is 35.0 Å². The molecule has 2 atom stereocenters. The van der Waals surface area contributed by atoms with E-state index in [0.717, 1.165) is 12.0 Å². The molecule has 0 aliphatic carbocycles. The number of hydrogen-bond donors (Lipinski definition) is 1. The van der Waals surface area contributed by atoms with Gasteiger partial charge in [-0.25, -0.2) is 0 Å². The Hall–Kier alpha value is -3.02. The van der Waals surface area contributed by atoms with Gasteiger partial charge in [-0.3, -0.25) is 9.59 Å². The van der Waals surface area contributed by atoms with Crippen molar-refractivity contribution in [2.45, 2.75) is 65.1 Å². The Kier molecular flexibility index (Phi) is 11.1. The average molecular weight is 556 g/mol.